The van der Waals surface area contributed by atoms with Gasteiger partial charge in [0.15, 0.2) is 0 Å². The van der Waals surface area contributed by atoms with Crippen LogP contribution in [0.2, 0.25) is 0 Å². The Bertz CT molecular complexity index is 509. The van der Waals surface area contributed by atoms with Gasteiger partial charge in [-0.05, 0) is 52.2 Å². The van der Waals surface area contributed by atoms with Crippen LogP contribution in [0.1, 0.15) is 22.0 Å². The Hall–Kier alpha value is -0.710. The van der Waals surface area contributed by atoms with Crippen LogP contribution in [0.5, 0.6) is 0 Å². The smallest absolute Gasteiger partial charge is 0.123 e. The quantitative estimate of drug-likeness (QED) is 0.891. The van der Waals surface area contributed by atoms with Crippen LogP contribution in [0.25, 0.3) is 0 Å². The first-order chi connectivity index (χ1) is 7.58. The third-order valence-corrected chi connectivity index (χ3v) is 4.24. The molecule has 4 heteroatoms. The lowest BCUT2D eigenvalue weighted by Crippen LogP contribution is -2.11. The highest BCUT2D eigenvalue weighted by atomic mass is 79.9. The highest BCUT2D eigenvalue weighted by molar-refractivity contribution is 9.10. The zero-order valence-corrected chi connectivity index (χ0v) is 11.1. The van der Waals surface area contributed by atoms with Crippen molar-refractivity contribution in [3.05, 3.63) is 55.9 Å². The third kappa shape index (κ3) is 2.34. The third-order valence-electron chi connectivity index (χ3n) is 2.46. The minimum absolute atomic E-state index is 0.183. The summed E-state index contributed by atoms with van der Waals surface area (Å²) in [4.78, 5) is 1.07. The molecule has 0 amide bonds. The predicted molar refractivity (Wildman–Crippen MR) is 69.2 cm³/mol. The van der Waals surface area contributed by atoms with Crippen molar-refractivity contribution in [2.75, 3.05) is 0 Å². The molecule has 0 fully saturated rings. The molecule has 0 saturated carbocycles. The second-order valence-corrected chi connectivity index (χ2v) is 5.50. The Balaban J connectivity index is 2.37. The summed E-state index contributed by atoms with van der Waals surface area (Å²) < 4.78 is 14.0. The maximum absolute atomic E-state index is 13.0. The van der Waals surface area contributed by atoms with E-state index in [1.165, 1.54) is 12.1 Å². The van der Waals surface area contributed by atoms with Gasteiger partial charge in [-0.3, -0.25) is 0 Å². The molecule has 1 nitrogen and oxygen atoms in total. The largest absolute Gasteiger partial charge is 0.320 e. The Morgan fingerprint density at radius 3 is 2.69 bits per heavy atom. The summed E-state index contributed by atoms with van der Waals surface area (Å²) in [5, 5.41) is 1.99. The summed E-state index contributed by atoms with van der Waals surface area (Å²) in [6.07, 6.45) is 0. The molecule has 0 spiro atoms. The van der Waals surface area contributed by atoms with E-state index in [0.29, 0.717) is 0 Å². The van der Waals surface area contributed by atoms with Gasteiger partial charge in [0.2, 0.25) is 0 Å². The lowest BCUT2D eigenvalue weighted by Gasteiger charge is -2.12. The van der Waals surface area contributed by atoms with Gasteiger partial charge in [-0.2, -0.15) is 0 Å². The Morgan fingerprint density at radius 2 is 2.12 bits per heavy atom. The van der Waals surface area contributed by atoms with Crippen molar-refractivity contribution in [2.45, 2.75) is 13.0 Å². The van der Waals surface area contributed by atoms with Crippen LogP contribution in [0.3, 0.4) is 0 Å². The van der Waals surface area contributed by atoms with E-state index in [1.807, 2.05) is 18.4 Å². The van der Waals surface area contributed by atoms with Crippen molar-refractivity contribution in [3.63, 3.8) is 0 Å². The molecule has 1 unspecified atom stereocenters. The van der Waals surface area contributed by atoms with Crippen LogP contribution in [-0.2, 0) is 0 Å². The number of thiophene rings is 1. The predicted octanol–water partition coefficient (Wildman–Crippen LogP) is 4.01. The molecule has 0 aliphatic heterocycles. The minimum atomic E-state index is -0.221. The summed E-state index contributed by atoms with van der Waals surface area (Å²) >= 11 is 5.00. The fraction of sp³-hybridized carbons (Fsp3) is 0.167. The highest BCUT2D eigenvalue weighted by Crippen LogP contribution is 2.29. The van der Waals surface area contributed by atoms with Gasteiger partial charge < -0.3 is 5.73 Å². The van der Waals surface area contributed by atoms with Crippen molar-refractivity contribution < 1.29 is 4.39 Å². The molecular formula is C12H11BrFNS. The van der Waals surface area contributed by atoms with E-state index in [-0.39, 0.29) is 11.9 Å². The summed E-state index contributed by atoms with van der Waals surface area (Å²) in [5.74, 6) is -0.221. The molecule has 1 heterocycles. The maximum atomic E-state index is 13.0. The van der Waals surface area contributed by atoms with Gasteiger partial charge >= 0.3 is 0 Å². The first kappa shape index (κ1) is 11.8. The van der Waals surface area contributed by atoms with E-state index >= 15 is 0 Å². The monoisotopic (exact) mass is 299 g/mol. The molecule has 2 N–H and O–H groups in total. The standard InChI is InChI=1S/C12H11BrFNS/c1-7-4-9(14)2-3-10(7)12(15)11-5-8(13)6-16-11/h2-6,12H,15H2,1H3. The summed E-state index contributed by atoms with van der Waals surface area (Å²) in [5.41, 5.74) is 8.00. The summed E-state index contributed by atoms with van der Waals surface area (Å²) in [7, 11) is 0. The van der Waals surface area contributed by atoms with Crippen LogP contribution in [0.15, 0.2) is 34.1 Å². The Morgan fingerprint density at radius 1 is 1.38 bits per heavy atom. The summed E-state index contributed by atoms with van der Waals surface area (Å²) in [6, 6.07) is 6.53. The average molecular weight is 300 g/mol. The molecule has 0 aliphatic carbocycles. The fourth-order valence-corrected chi connectivity index (χ4v) is 3.10. The number of benzene rings is 1. The lowest BCUT2D eigenvalue weighted by molar-refractivity contribution is 0.625. The van der Waals surface area contributed by atoms with Gasteiger partial charge in [-0.15, -0.1) is 11.3 Å². The van der Waals surface area contributed by atoms with Gasteiger partial charge in [0.05, 0.1) is 6.04 Å². The number of nitrogens with two attached hydrogens (primary N) is 1. The van der Waals surface area contributed by atoms with E-state index in [2.05, 4.69) is 15.9 Å². The van der Waals surface area contributed by atoms with Gasteiger partial charge in [0.25, 0.3) is 0 Å². The average Bonchev–Trinajstić information content (AvgIpc) is 2.64. The molecule has 84 valence electrons. The number of aryl methyl sites for hydroxylation is 1. The van der Waals surface area contributed by atoms with E-state index in [0.717, 1.165) is 20.5 Å². The number of hydrogen-bond donors (Lipinski definition) is 1. The van der Waals surface area contributed by atoms with Crippen molar-refractivity contribution in [3.8, 4) is 0 Å². The van der Waals surface area contributed by atoms with E-state index < -0.39 is 0 Å². The normalized spacial score (nSPS) is 12.8. The minimum Gasteiger partial charge on any atom is -0.320 e. The molecule has 1 aromatic carbocycles. The molecule has 2 aromatic rings. The van der Waals surface area contributed by atoms with Crippen molar-refractivity contribution in [1.82, 2.24) is 0 Å². The van der Waals surface area contributed by atoms with E-state index in [1.54, 1.807) is 17.4 Å². The topological polar surface area (TPSA) is 26.0 Å². The van der Waals surface area contributed by atoms with Crippen molar-refractivity contribution in [2.24, 2.45) is 5.73 Å². The maximum Gasteiger partial charge on any atom is 0.123 e. The molecular weight excluding hydrogens is 289 g/mol. The first-order valence-electron chi connectivity index (χ1n) is 4.83. The van der Waals surface area contributed by atoms with Gasteiger partial charge in [-0.25, -0.2) is 4.39 Å². The molecule has 2 rings (SSSR count). The number of halogens is 2. The van der Waals surface area contributed by atoms with Crippen LogP contribution in [-0.4, -0.2) is 0 Å². The van der Waals surface area contributed by atoms with Gasteiger partial charge in [0, 0.05) is 14.7 Å². The van der Waals surface area contributed by atoms with Crippen LogP contribution >= 0.6 is 27.3 Å². The number of rotatable bonds is 2. The number of hydrogen-bond acceptors (Lipinski definition) is 2. The molecule has 0 saturated heterocycles. The molecule has 0 aliphatic rings. The van der Waals surface area contributed by atoms with Crippen molar-refractivity contribution >= 4 is 27.3 Å². The summed E-state index contributed by atoms with van der Waals surface area (Å²) in [6.45, 7) is 1.88. The highest BCUT2D eigenvalue weighted by Gasteiger charge is 2.13. The molecule has 1 aromatic heterocycles. The van der Waals surface area contributed by atoms with Crippen LogP contribution in [0.4, 0.5) is 4.39 Å². The van der Waals surface area contributed by atoms with Crippen LogP contribution < -0.4 is 5.73 Å². The zero-order chi connectivity index (χ0) is 11.7. The Labute approximate surface area is 106 Å². The van der Waals surface area contributed by atoms with E-state index in [4.69, 9.17) is 5.73 Å². The van der Waals surface area contributed by atoms with Crippen LogP contribution in [0, 0.1) is 12.7 Å². The zero-order valence-electron chi connectivity index (χ0n) is 8.71. The molecule has 16 heavy (non-hydrogen) atoms. The first-order valence-corrected chi connectivity index (χ1v) is 6.51. The SMILES string of the molecule is Cc1cc(F)ccc1C(N)c1cc(Br)cs1. The van der Waals surface area contributed by atoms with Crippen molar-refractivity contribution in [1.29, 1.82) is 0 Å². The lowest BCUT2D eigenvalue weighted by atomic mass is 10.0. The van der Waals surface area contributed by atoms with Gasteiger partial charge in [-0.1, -0.05) is 6.07 Å². The van der Waals surface area contributed by atoms with E-state index in [9.17, 15) is 4.39 Å². The molecule has 0 radical (unpaired) electrons. The molecule has 1 atom stereocenters. The second kappa shape index (κ2) is 4.65. The second-order valence-electron chi connectivity index (χ2n) is 3.65. The fourth-order valence-electron chi connectivity index (χ4n) is 1.63. The molecule has 0 bridgehead atoms. The van der Waals surface area contributed by atoms with Gasteiger partial charge in [0.1, 0.15) is 5.82 Å². The Kier molecular flexibility index (Phi) is 3.42.